The van der Waals surface area contributed by atoms with Crippen LogP contribution in [0.2, 0.25) is 0 Å². The monoisotopic (exact) mass is 336 g/mol. The topological polar surface area (TPSA) is 68.8 Å². The van der Waals surface area contributed by atoms with Gasteiger partial charge in [0.15, 0.2) is 0 Å². The molecular formula is C15H29ClN2O4. The molecule has 22 heavy (non-hydrogen) atoms. The second-order valence-corrected chi connectivity index (χ2v) is 5.77. The molecule has 2 fully saturated rings. The Bertz CT molecular complexity index is 319. The van der Waals surface area contributed by atoms with Crippen molar-refractivity contribution < 1.29 is 19.0 Å². The van der Waals surface area contributed by atoms with Gasteiger partial charge in [-0.2, -0.15) is 0 Å². The lowest BCUT2D eigenvalue weighted by atomic mass is 9.91. The number of ether oxygens (including phenoxy) is 3. The first-order valence-electron chi connectivity index (χ1n) is 8.00. The first kappa shape index (κ1) is 19.6. The molecule has 2 heterocycles. The molecule has 0 aromatic heterocycles. The van der Waals surface area contributed by atoms with Crippen molar-refractivity contribution in [3.05, 3.63) is 0 Å². The number of hydrogen-bond donors (Lipinski definition) is 2. The third-order valence-electron chi connectivity index (χ3n) is 4.29. The van der Waals surface area contributed by atoms with Gasteiger partial charge in [-0.1, -0.05) is 0 Å². The molecule has 1 unspecified atom stereocenters. The average molecular weight is 337 g/mol. The normalized spacial score (nSPS) is 23.8. The quantitative estimate of drug-likeness (QED) is 0.644. The first-order valence-corrected chi connectivity index (χ1v) is 8.00. The van der Waals surface area contributed by atoms with Crippen LogP contribution in [0.5, 0.6) is 0 Å². The van der Waals surface area contributed by atoms with E-state index in [9.17, 15) is 4.79 Å². The summed E-state index contributed by atoms with van der Waals surface area (Å²) < 4.78 is 16.6. The van der Waals surface area contributed by atoms with E-state index in [1.807, 2.05) is 0 Å². The molecule has 0 radical (unpaired) electrons. The molecule has 6 nitrogen and oxygen atoms in total. The predicted octanol–water partition coefficient (Wildman–Crippen LogP) is 0.879. The zero-order chi connectivity index (χ0) is 15.0. The summed E-state index contributed by atoms with van der Waals surface area (Å²) in [5.41, 5.74) is -0.649. The van der Waals surface area contributed by atoms with Crippen LogP contribution >= 0.6 is 12.4 Å². The second kappa shape index (κ2) is 10.4. The van der Waals surface area contributed by atoms with Crippen LogP contribution in [0.15, 0.2) is 0 Å². The Morgan fingerprint density at radius 2 is 2.18 bits per heavy atom. The van der Waals surface area contributed by atoms with Gasteiger partial charge in [0.05, 0.1) is 12.7 Å². The molecule has 0 spiro atoms. The van der Waals surface area contributed by atoms with Crippen molar-refractivity contribution in [1.82, 2.24) is 10.6 Å². The molecule has 1 atom stereocenters. The van der Waals surface area contributed by atoms with E-state index in [0.717, 1.165) is 51.8 Å². The molecule has 2 saturated heterocycles. The van der Waals surface area contributed by atoms with E-state index >= 15 is 0 Å². The van der Waals surface area contributed by atoms with Crippen LogP contribution < -0.4 is 10.6 Å². The average Bonchev–Trinajstić information content (AvgIpc) is 3.04. The summed E-state index contributed by atoms with van der Waals surface area (Å²) >= 11 is 0. The lowest BCUT2D eigenvalue weighted by molar-refractivity contribution is -0.146. The predicted molar refractivity (Wildman–Crippen MR) is 86.5 cm³/mol. The van der Waals surface area contributed by atoms with E-state index in [1.165, 1.54) is 0 Å². The highest BCUT2D eigenvalue weighted by Gasteiger charge is 2.39. The van der Waals surface area contributed by atoms with Gasteiger partial charge in [0.2, 0.25) is 0 Å². The molecule has 1 amide bonds. The Morgan fingerprint density at radius 1 is 1.41 bits per heavy atom. The van der Waals surface area contributed by atoms with Gasteiger partial charge in [0.25, 0.3) is 5.91 Å². The smallest absolute Gasteiger partial charge is 0.252 e. The maximum Gasteiger partial charge on any atom is 0.252 e. The molecule has 0 aromatic carbocycles. The highest BCUT2D eigenvalue weighted by atomic mass is 35.5. The number of carbonyl (C=O) groups is 1. The van der Waals surface area contributed by atoms with Gasteiger partial charge < -0.3 is 24.8 Å². The molecule has 0 saturated carbocycles. The number of halogens is 1. The van der Waals surface area contributed by atoms with Crippen LogP contribution in [0.3, 0.4) is 0 Å². The zero-order valence-corrected chi connectivity index (χ0v) is 14.2. The van der Waals surface area contributed by atoms with E-state index in [-0.39, 0.29) is 24.4 Å². The number of nitrogens with one attached hydrogen (secondary N) is 2. The summed E-state index contributed by atoms with van der Waals surface area (Å²) in [6.07, 6.45) is 4.77. The minimum absolute atomic E-state index is 0. The van der Waals surface area contributed by atoms with Crippen molar-refractivity contribution >= 4 is 18.3 Å². The maximum absolute atomic E-state index is 12.3. The number of hydrogen-bond acceptors (Lipinski definition) is 5. The Hall–Kier alpha value is -0.400. The SMILES string of the molecule is COC1(C(=O)NCCCOCC2CCCO2)CCNCC1.Cl. The molecule has 0 bridgehead atoms. The fourth-order valence-electron chi connectivity index (χ4n) is 2.88. The third kappa shape index (κ3) is 5.66. The second-order valence-electron chi connectivity index (χ2n) is 5.77. The largest absolute Gasteiger partial charge is 0.379 e. The minimum Gasteiger partial charge on any atom is -0.379 e. The first-order chi connectivity index (χ1) is 10.3. The van der Waals surface area contributed by atoms with Gasteiger partial charge in [-0.3, -0.25) is 4.79 Å². The van der Waals surface area contributed by atoms with Crippen LogP contribution in [-0.2, 0) is 19.0 Å². The van der Waals surface area contributed by atoms with E-state index in [2.05, 4.69) is 10.6 Å². The molecule has 0 aromatic rings. The van der Waals surface area contributed by atoms with E-state index in [4.69, 9.17) is 14.2 Å². The van der Waals surface area contributed by atoms with E-state index in [1.54, 1.807) is 7.11 Å². The van der Waals surface area contributed by atoms with Gasteiger partial charge in [0, 0.05) is 26.9 Å². The van der Waals surface area contributed by atoms with Gasteiger partial charge in [0.1, 0.15) is 5.60 Å². The van der Waals surface area contributed by atoms with Gasteiger partial charge in [-0.25, -0.2) is 0 Å². The number of piperidine rings is 1. The maximum atomic E-state index is 12.3. The third-order valence-corrected chi connectivity index (χ3v) is 4.29. The van der Waals surface area contributed by atoms with Crippen LogP contribution in [0.4, 0.5) is 0 Å². The molecule has 2 rings (SSSR count). The number of methoxy groups -OCH3 is 1. The van der Waals surface area contributed by atoms with Crippen LogP contribution in [0.25, 0.3) is 0 Å². The fourth-order valence-corrected chi connectivity index (χ4v) is 2.88. The van der Waals surface area contributed by atoms with Crippen molar-refractivity contribution in [1.29, 1.82) is 0 Å². The molecular weight excluding hydrogens is 308 g/mol. The number of rotatable bonds is 8. The Labute approximate surface area is 139 Å². The van der Waals surface area contributed by atoms with E-state index in [0.29, 0.717) is 19.8 Å². The van der Waals surface area contributed by atoms with Crippen molar-refractivity contribution in [3.63, 3.8) is 0 Å². The van der Waals surface area contributed by atoms with Crippen molar-refractivity contribution in [2.24, 2.45) is 0 Å². The Morgan fingerprint density at radius 3 is 2.82 bits per heavy atom. The molecule has 2 aliphatic heterocycles. The van der Waals surface area contributed by atoms with Crippen molar-refractivity contribution in [2.75, 3.05) is 46.6 Å². The highest BCUT2D eigenvalue weighted by molar-refractivity contribution is 5.85. The minimum atomic E-state index is -0.649. The van der Waals surface area contributed by atoms with Crippen LogP contribution in [0.1, 0.15) is 32.1 Å². The van der Waals surface area contributed by atoms with Crippen LogP contribution in [0, 0.1) is 0 Å². The van der Waals surface area contributed by atoms with E-state index < -0.39 is 5.60 Å². The molecule has 7 heteroatoms. The standard InChI is InChI=1S/C15H28N2O4.ClH/c1-19-15(5-8-16-9-6-15)14(18)17-7-3-10-20-12-13-4-2-11-21-13;/h13,16H,2-12H2,1H3,(H,17,18);1H. The number of amides is 1. The summed E-state index contributed by atoms with van der Waals surface area (Å²) in [7, 11) is 1.62. The van der Waals surface area contributed by atoms with Crippen molar-refractivity contribution in [2.45, 2.75) is 43.8 Å². The fraction of sp³-hybridized carbons (Fsp3) is 0.933. The molecule has 0 aliphatic carbocycles. The Balaban J connectivity index is 0.00000242. The van der Waals surface area contributed by atoms with Gasteiger partial charge in [-0.15, -0.1) is 12.4 Å². The summed E-state index contributed by atoms with van der Waals surface area (Å²) in [5.74, 6) is 0.00521. The number of carbonyl (C=O) groups excluding carboxylic acids is 1. The van der Waals surface area contributed by atoms with Gasteiger partial charge >= 0.3 is 0 Å². The lowest BCUT2D eigenvalue weighted by Gasteiger charge is -2.34. The zero-order valence-electron chi connectivity index (χ0n) is 13.4. The molecule has 2 aliphatic rings. The summed E-state index contributed by atoms with van der Waals surface area (Å²) in [5, 5.41) is 6.22. The van der Waals surface area contributed by atoms with Crippen molar-refractivity contribution in [3.8, 4) is 0 Å². The summed E-state index contributed by atoms with van der Waals surface area (Å²) in [6.45, 7) is 4.46. The summed E-state index contributed by atoms with van der Waals surface area (Å²) in [6, 6.07) is 0. The van der Waals surface area contributed by atoms with Crippen LogP contribution in [-0.4, -0.2) is 64.2 Å². The van der Waals surface area contributed by atoms with Gasteiger partial charge in [-0.05, 0) is 45.2 Å². The Kier molecular flexibility index (Phi) is 9.28. The molecule has 130 valence electrons. The summed E-state index contributed by atoms with van der Waals surface area (Å²) in [4.78, 5) is 12.3. The molecule has 2 N–H and O–H groups in total. The highest BCUT2D eigenvalue weighted by Crippen LogP contribution is 2.22. The lowest BCUT2D eigenvalue weighted by Crippen LogP contribution is -2.54.